The highest BCUT2D eigenvalue weighted by molar-refractivity contribution is 7.15. The van der Waals surface area contributed by atoms with E-state index >= 15 is 0 Å². The number of phenols is 1. The topological polar surface area (TPSA) is 63.3 Å². The Labute approximate surface area is 138 Å². The van der Waals surface area contributed by atoms with E-state index in [-0.39, 0.29) is 5.75 Å². The Hall–Kier alpha value is -2.47. The monoisotopic (exact) mass is 324 g/mol. The molecule has 0 spiro atoms. The fraction of sp³-hybridized carbons (Fsp3) is 0.235. The second-order valence-electron chi connectivity index (χ2n) is 5.67. The van der Waals surface area contributed by atoms with Crippen LogP contribution in [0.4, 0.5) is 0 Å². The van der Waals surface area contributed by atoms with Gasteiger partial charge < -0.3 is 5.11 Å². The van der Waals surface area contributed by atoms with Crippen LogP contribution in [0.15, 0.2) is 29.3 Å². The van der Waals surface area contributed by atoms with E-state index in [2.05, 4.69) is 28.6 Å². The van der Waals surface area contributed by atoms with Crippen molar-refractivity contribution >= 4 is 17.0 Å². The molecule has 2 aromatic heterocycles. The van der Waals surface area contributed by atoms with Crippen LogP contribution in [0.2, 0.25) is 0 Å². The lowest BCUT2D eigenvalue weighted by atomic mass is 10.00. The third kappa shape index (κ3) is 2.09. The summed E-state index contributed by atoms with van der Waals surface area (Å²) in [6, 6.07) is 7.21. The van der Waals surface area contributed by atoms with Crippen molar-refractivity contribution in [2.45, 2.75) is 27.3 Å². The van der Waals surface area contributed by atoms with Gasteiger partial charge in [-0.15, -0.1) is 21.5 Å². The molecule has 6 heteroatoms. The largest absolute Gasteiger partial charge is 0.508 e. The van der Waals surface area contributed by atoms with Gasteiger partial charge in [-0.2, -0.15) is 0 Å². The zero-order chi connectivity index (χ0) is 16.1. The molecule has 3 aromatic rings. The summed E-state index contributed by atoms with van der Waals surface area (Å²) in [5.41, 5.74) is 4.32. The Morgan fingerprint density at radius 2 is 1.83 bits per heavy atom. The summed E-state index contributed by atoms with van der Waals surface area (Å²) in [4.78, 5) is 6.08. The lowest BCUT2D eigenvalue weighted by Crippen LogP contribution is -2.07. The predicted octanol–water partition coefficient (Wildman–Crippen LogP) is 3.31. The minimum atomic E-state index is 0.259. The maximum Gasteiger partial charge on any atom is 0.160 e. The molecule has 0 bridgehead atoms. The van der Waals surface area contributed by atoms with Crippen molar-refractivity contribution in [2.75, 3.05) is 0 Å². The van der Waals surface area contributed by atoms with Crippen LogP contribution in [0, 0.1) is 20.8 Å². The highest BCUT2D eigenvalue weighted by Crippen LogP contribution is 2.36. The van der Waals surface area contributed by atoms with E-state index < -0.39 is 0 Å². The molecule has 1 aromatic carbocycles. The number of aliphatic imine (C=N–C) groups is 1. The zero-order valence-electron chi connectivity index (χ0n) is 13.2. The number of nitrogens with zero attached hydrogens (tertiary/aromatic N) is 4. The van der Waals surface area contributed by atoms with E-state index in [1.165, 1.54) is 10.4 Å². The normalized spacial score (nSPS) is 13.3. The molecule has 0 unspecified atom stereocenters. The molecule has 1 aliphatic heterocycles. The summed E-state index contributed by atoms with van der Waals surface area (Å²) < 4.78 is 2.11. The van der Waals surface area contributed by atoms with E-state index in [4.69, 9.17) is 4.99 Å². The van der Waals surface area contributed by atoms with Crippen molar-refractivity contribution in [1.82, 2.24) is 14.8 Å². The first-order valence-corrected chi connectivity index (χ1v) is 8.23. The minimum Gasteiger partial charge on any atom is -0.508 e. The number of thiophene rings is 1. The summed E-state index contributed by atoms with van der Waals surface area (Å²) >= 11 is 1.75. The second kappa shape index (κ2) is 5.03. The molecule has 4 rings (SSSR count). The molecular formula is C17H16N4OS. The van der Waals surface area contributed by atoms with E-state index in [0.717, 1.165) is 33.5 Å². The molecule has 0 saturated carbocycles. The molecule has 1 aliphatic rings. The molecule has 0 atom stereocenters. The van der Waals surface area contributed by atoms with Crippen LogP contribution in [0.5, 0.6) is 5.75 Å². The molecule has 1 N–H and O–H groups in total. The van der Waals surface area contributed by atoms with Gasteiger partial charge in [0.25, 0.3) is 0 Å². The van der Waals surface area contributed by atoms with Gasteiger partial charge in [0, 0.05) is 16.0 Å². The van der Waals surface area contributed by atoms with Gasteiger partial charge in [-0.25, -0.2) is 0 Å². The highest BCUT2D eigenvalue weighted by atomic mass is 32.1. The summed E-state index contributed by atoms with van der Waals surface area (Å²) in [7, 11) is 0. The number of benzene rings is 1. The average molecular weight is 324 g/mol. The minimum absolute atomic E-state index is 0.259. The number of hydrogen-bond acceptors (Lipinski definition) is 5. The Bertz CT molecular complexity index is 934. The zero-order valence-corrected chi connectivity index (χ0v) is 14.0. The molecule has 3 heterocycles. The maximum atomic E-state index is 9.55. The van der Waals surface area contributed by atoms with Crippen LogP contribution in [-0.2, 0) is 6.54 Å². The molecule has 0 fully saturated rings. The van der Waals surface area contributed by atoms with E-state index in [0.29, 0.717) is 6.54 Å². The molecular weight excluding hydrogens is 308 g/mol. The smallest absolute Gasteiger partial charge is 0.160 e. The van der Waals surface area contributed by atoms with Crippen molar-refractivity contribution < 1.29 is 5.11 Å². The van der Waals surface area contributed by atoms with Crippen molar-refractivity contribution in [3.05, 3.63) is 57.5 Å². The van der Waals surface area contributed by atoms with Crippen molar-refractivity contribution in [1.29, 1.82) is 0 Å². The van der Waals surface area contributed by atoms with Gasteiger partial charge >= 0.3 is 0 Å². The van der Waals surface area contributed by atoms with Crippen molar-refractivity contribution in [3.8, 4) is 10.8 Å². The fourth-order valence-corrected chi connectivity index (χ4v) is 4.13. The standard InChI is InChI=1S/C17H16N4OS/c1-9-10(2)23-17-15(9)16(12-4-6-13(22)7-5-12)18-8-14-20-19-11(3)21(14)17/h4-7,22H,8H2,1-3H3. The maximum absolute atomic E-state index is 9.55. The van der Waals surface area contributed by atoms with Gasteiger partial charge in [-0.3, -0.25) is 9.56 Å². The third-order valence-corrected chi connectivity index (χ3v) is 5.41. The van der Waals surface area contributed by atoms with Gasteiger partial charge in [0.1, 0.15) is 23.1 Å². The third-order valence-electron chi connectivity index (χ3n) is 4.22. The number of aromatic hydroxyl groups is 1. The van der Waals surface area contributed by atoms with E-state index in [9.17, 15) is 5.11 Å². The second-order valence-corrected chi connectivity index (χ2v) is 6.88. The molecule has 0 saturated heterocycles. The number of aryl methyl sites for hydroxylation is 2. The van der Waals surface area contributed by atoms with Crippen molar-refractivity contribution in [2.24, 2.45) is 4.99 Å². The van der Waals surface area contributed by atoms with Gasteiger partial charge in [-0.1, -0.05) is 0 Å². The van der Waals surface area contributed by atoms with Crippen LogP contribution in [0.25, 0.3) is 5.00 Å². The van der Waals surface area contributed by atoms with Crippen LogP contribution in [0.1, 0.15) is 33.2 Å². The van der Waals surface area contributed by atoms with Gasteiger partial charge in [0.05, 0.1) is 5.71 Å². The van der Waals surface area contributed by atoms with Gasteiger partial charge in [-0.05, 0) is 50.6 Å². The van der Waals surface area contributed by atoms with Crippen LogP contribution >= 0.6 is 11.3 Å². The molecule has 116 valence electrons. The van der Waals surface area contributed by atoms with E-state index in [1.807, 2.05) is 19.1 Å². The SMILES string of the molecule is Cc1sc2c(c1C)C(c1ccc(O)cc1)=NCc1nnc(C)n1-2. The van der Waals surface area contributed by atoms with E-state index in [1.54, 1.807) is 23.5 Å². The van der Waals surface area contributed by atoms with Crippen LogP contribution in [-0.4, -0.2) is 25.6 Å². The predicted molar refractivity (Wildman–Crippen MR) is 90.9 cm³/mol. The molecule has 0 aliphatic carbocycles. The first-order valence-electron chi connectivity index (χ1n) is 7.41. The Morgan fingerprint density at radius 1 is 1.09 bits per heavy atom. The molecule has 0 amide bonds. The molecule has 5 nitrogen and oxygen atoms in total. The van der Waals surface area contributed by atoms with Crippen molar-refractivity contribution in [3.63, 3.8) is 0 Å². The highest BCUT2D eigenvalue weighted by Gasteiger charge is 2.26. The number of phenolic OH excluding ortho intramolecular Hbond substituents is 1. The number of hydrogen-bond donors (Lipinski definition) is 1. The Morgan fingerprint density at radius 3 is 2.57 bits per heavy atom. The van der Waals surface area contributed by atoms with Crippen LogP contribution in [0.3, 0.4) is 0 Å². The van der Waals surface area contributed by atoms with Gasteiger partial charge in [0.2, 0.25) is 0 Å². The molecule has 23 heavy (non-hydrogen) atoms. The lowest BCUT2D eigenvalue weighted by Gasteiger charge is -2.09. The lowest BCUT2D eigenvalue weighted by molar-refractivity contribution is 0.475. The fourth-order valence-electron chi connectivity index (χ4n) is 2.90. The van der Waals surface area contributed by atoms with Crippen LogP contribution < -0.4 is 0 Å². The summed E-state index contributed by atoms with van der Waals surface area (Å²) in [5.74, 6) is 2.00. The first kappa shape index (κ1) is 14.1. The number of rotatable bonds is 1. The summed E-state index contributed by atoms with van der Waals surface area (Å²) in [5, 5.41) is 19.1. The average Bonchev–Trinajstić information content (AvgIpc) is 2.97. The molecule has 0 radical (unpaired) electrons. The van der Waals surface area contributed by atoms with Gasteiger partial charge in [0.15, 0.2) is 5.82 Å². The number of fused-ring (bicyclic) bond motifs is 3. The Balaban J connectivity index is 2.00. The Kier molecular flexibility index (Phi) is 3.09. The number of aromatic nitrogens is 3. The summed E-state index contributed by atoms with van der Waals surface area (Å²) in [6.45, 7) is 6.72. The first-order chi connectivity index (χ1) is 11.1. The quantitative estimate of drug-likeness (QED) is 0.747. The summed E-state index contributed by atoms with van der Waals surface area (Å²) in [6.07, 6.45) is 0.